The standard InChI is InChI=1S/C16H22N6O2.2ClH/c1-10-20-13(21-24-10)8-11-3-6-22(7-4-11)16(23)15-14-12(2-5-17-15)18-9-19-14;;/h9,11,15,17H,2-8H2,1H3,(H,18,19);2*1H. The summed E-state index contributed by atoms with van der Waals surface area (Å²) in [6.07, 6.45) is 5.34. The first-order valence-corrected chi connectivity index (χ1v) is 8.54. The minimum absolute atomic E-state index is 0. The third kappa shape index (κ3) is 4.19. The van der Waals surface area contributed by atoms with Gasteiger partial charge in [0.2, 0.25) is 11.8 Å². The Morgan fingerprint density at radius 2 is 2.12 bits per heavy atom. The number of carbonyl (C=O) groups excluding carboxylic acids is 1. The summed E-state index contributed by atoms with van der Waals surface area (Å²) in [6.45, 7) is 4.16. The van der Waals surface area contributed by atoms with E-state index in [0.29, 0.717) is 11.8 Å². The maximum absolute atomic E-state index is 12.9. The lowest BCUT2D eigenvalue weighted by Gasteiger charge is -2.34. The molecule has 26 heavy (non-hydrogen) atoms. The monoisotopic (exact) mass is 402 g/mol. The van der Waals surface area contributed by atoms with Crippen molar-refractivity contribution in [3.8, 4) is 0 Å². The molecule has 0 spiro atoms. The molecule has 4 rings (SSSR count). The van der Waals surface area contributed by atoms with Crippen molar-refractivity contribution in [3.05, 3.63) is 29.4 Å². The van der Waals surface area contributed by atoms with E-state index >= 15 is 0 Å². The van der Waals surface area contributed by atoms with Gasteiger partial charge < -0.3 is 19.7 Å². The minimum Gasteiger partial charge on any atom is -0.348 e. The van der Waals surface area contributed by atoms with Gasteiger partial charge in [0, 0.05) is 45.1 Å². The maximum atomic E-state index is 12.9. The van der Waals surface area contributed by atoms with Gasteiger partial charge in [-0.05, 0) is 18.8 Å². The topological polar surface area (TPSA) is 99.9 Å². The van der Waals surface area contributed by atoms with Gasteiger partial charge in [-0.15, -0.1) is 24.8 Å². The lowest BCUT2D eigenvalue weighted by molar-refractivity contribution is -0.135. The highest BCUT2D eigenvalue weighted by molar-refractivity contribution is 5.85. The number of fused-ring (bicyclic) bond motifs is 1. The summed E-state index contributed by atoms with van der Waals surface area (Å²) >= 11 is 0. The zero-order valence-corrected chi connectivity index (χ0v) is 16.2. The van der Waals surface area contributed by atoms with Crippen molar-refractivity contribution in [2.24, 2.45) is 5.92 Å². The highest BCUT2D eigenvalue weighted by Crippen LogP contribution is 2.26. The van der Waals surface area contributed by atoms with Crippen LogP contribution in [-0.4, -0.2) is 50.5 Å². The smallest absolute Gasteiger partial charge is 0.246 e. The van der Waals surface area contributed by atoms with E-state index < -0.39 is 0 Å². The van der Waals surface area contributed by atoms with Gasteiger partial charge in [-0.3, -0.25) is 4.79 Å². The molecule has 8 nitrogen and oxygen atoms in total. The number of H-pyrrole nitrogens is 1. The van der Waals surface area contributed by atoms with Crippen molar-refractivity contribution >= 4 is 30.7 Å². The highest BCUT2D eigenvalue weighted by atomic mass is 35.5. The van der Waals surface area contributed by atoms with E-state index in [-0.39, 0.29) is 36.8 Å². The Labute approximate surface area is 164 Å². The van der Waals surface area contributed by atoms with E-state index in [4.69, 9.17) is 4.52 Å². The molecule has 144 valence electrons. The van der Waals surface area contributed by atoms with Gasteiger partial charge >= 0.3 is 0 Å². The summed E-state index contributed by atoms with van der Waals surface area (Å²) in [7, 11) is 0. The molecule has 10 heteroatoms. The molecule has 1 atom stereocenters. The molecule has 0 bridgehead atoms. The lowest BCUT2D eigenvalue weighted by Crippen LogP contribution is -2.47. The largest absolute Gasteiger partial charge is 0.348 e. The normalized spacial score (nSPS) is 20.0. The molecule has 0 aromatic carbocycles. The number of amides is 1. The fourth-order valence-electron chi connectivity index (χ4n) is 3.65. The minimum atomic E-state index is -0.309. The molecule has 2 aliphatic rings. The first-order chi connectivity index (χ1) is 11.7. The molecule has 1 unspecified atom stereocenters. The second kappa shape index (κ2) is 8.83. The van der Waals surface area contributed by atoms with Gasteiger partial charge in [-0.2, -0.15) is 4.98 Å². The zero-order chi connectivity index (χ0) is 16.5. The van der Waals surface area contributed by atoms with Crippen molar-refractivity contribution in [1.82, 2.24) is 30.3 Å². The quantitative estimate of drug-likeness (QED) is 0.808. The Morgan fingerprint density at radius 3 is 2.81 bits per heavy atom. The van der Waals surface area contributed by atoms with Crippen molar-refractivity contribution in [2.45, 2.75) is 38.6 Å². The Bertz CT molecular complexity index is 726. The molecular formula is C16H24Cl2N6O2. The lowest BCUT2D eigenvalue weighted by atomic mass is 9.92. The van der Waals surface area contributed by atoms with Gasteiger partial charge in [0.25, 0.3) is 0 Å². The number of hydrogen-bond acceptors (Lipinski definition) is 6. The van der Waals surface area contributed by atoms with Crippen LogP contribution in [0.1, 0.15) is 42.0 Å². The van der Waals surface area contributed by atoms with Crippen molar-refractivity contribution in [2.75, 3.05) is 19.6 Å². The summed E-state index contributed by atoms with van der Waals surface area (Å²) < 4.78 is 5.03. The summed E-state index contributed by atoms with van der Waals surface area (Å²) in [6, 6.07) is -0.309. The SMILES string of the molecule is Cc1nc(CC2CCN(C(=O)C3NCCc4[nH]cnc43)CC2)no1.Cl.Cl. The van der Waals surface area contributed by atoms with Crippen LogP contribution in [0.4, 0.5) is 0 Å². The number of likely N-dealkylation sites (tertiary alicyclic amines) is 1. The van der Waals surface area contributed by atoms with Gasteiger partial charge in [0.15, 0.2) is 5.82 Å². The second-order valence-corrected chi connectivity index (χ2v) is 6.61. The summed E-state index contributed by atoms with van der Waals surface area (Å²) in [4.78, 5) is 26.6. The number of aryl methyl sites for hydroxylation is 1. The maximum Gasteiger partial charge on any atom is 0.246 e. The van der Waals surface area contributed by atoms with E-state index in [2.05, 4.69) is 25.4 Å². The van der Waals surface area contributed by atoms with Crippen LogP contribution in [0.15, 0.2) is 10.9 Å². The molecule has 1 amide bonds. The zero-order valence-electron chi connectivity index (χ0n) is 14.6. The van der Waals surface area contributed by atoms with Crippen LogP contribution in [0.3, 0.4) is 0 Å². The number of aromatic amines is 1. The van der Waals surface area contributed by atoms with E-state index in [1.807, 2.05) is 4.90 Å². The van der Waals surface area contributed by atoms with E-state index in [1.54, 1.807) is 13.3 Å². The number of hydrogen-bond donors (Lipinski definition) is 2. The van der Waals surface area contributed by atoms with Gasteiger partial charge in [0.05, 0.1) is 12.0 Å². The molecule has 4 heterocycles. The van der Waals surface area contributed by atoms with Crippen LogP contribution in [0.25, 0.3) is 0 Å². The van der Waals surface area contributed by atoms with Crippen LogP contribution >= 0.6 is 24.8 Å². The number of halogens is 2. The predicted molar refractivity (Wildman–Crippen MR) is 99.6 cm³/mol. The summed E-state index contributed by atoms with van der Waals surface area (Å²) in [5.74, 6) is 2.02. The first-order valence-electron chi connectivity index (χ1n) is 8.54. The number of imidazole rings is 1. The fourth-order valence-corrected chi connectivity index (χ4v) is 3.65. The van der Waals surface area contributed by atoms with E-state index in [0.717, 1.165) is 62.5 Å². The van der Waals surface area contributed by atoms with Gasteiger partial charge in [-0.1, -0.05) is 5.16 Å². The number of carbonyl (C=O) groups is 1. The van der Waals surface area contributed by atoms with Gasteiger partial charge in [0.1, 0.15) is 6.04 Å². The number of piperidine rings is 1. The number of aromatic nitrogens is 4. The Balaban J connectivity index is 0.00000121. The number of rotatable bonds is 3. The molecule has 1 saturated heterocycles. The Morgan fingerprint density at radius 1 is 1.35 bits per heavy atom. The summed E-state index contributed by atoms with van der Waals surface area (Å²) in [5, 5.41) is 7.27. The van der Waals surface area contributed by atoms with E-state index in [9.17, 15) is 4.79 Å². The van der Waals surface area contributed by atoms with Crippen molar-refractivity contribution in [1.29, 1.82) is 0 Å². The fraction of sp³-hybridized carbons (Fsp3) is 0.625. The molecule has 0 aliphatic carbocycles. The molecule has 0 radical (unpaired) electrons. The third-order valence-electron chi connectivity index (χ3n) is 4.96. The first kappa shape index (κ1) is 20.7. The van der Waals surface area contributed by atoms with Crippen LogP contribution in [-0.2, 0) is 17.6 Å². The van der Waals surface area contributed by atoms with Crippen molar-refractivity contribution in [3.63, 3.8) is 0 Å². The predicted octanol–water partition coefficient (Wildman–Crippen LogP) is 1.61. The second-order valence-electron chi connectivity index (χ2n) is 6.61. The molecular weight excluding hydrogens is 379 g/mol. The molecule has 0 saturated carbocycles. The average molecular weight is 403 g/mol. The number of nitrogens with zero attached hydrogens (tertiary/aromatic N) is 4. The number of nitrogens with one attached hydrogen (secondary N) is 2. The van der Waals surface area contributed by atoms with Crippen LogP contribution in [0.2, 0.25) is 0 Å². The van der Waals surface area contributed by atoms with Crippen molar-refractivity contribution < 1.29 is 9.32 Å². The Kier molecular flexibility index (Phi) is 7.02. The van der Waals surface area contributed by atoms with Gasteiger partial charge in [-0.25, -0.2) is 4.98 Å². The van der Waals surface area contributed by atoms with Crippen LogP contribution in [0.5, 0.6) is 0 Å². The molecule has 2 aromatic heterocycles. The highest BCUT2D eigenvalue weighted by Gasteiger charge is 2.33. The third-order valence-corrected chi connectivity index (χ3v) is 4.96. The average Bonchev–Trinajstić information content (AvgIpc) is 3.23. The molecule has 1 fully saturated rings. The molecule has 2 N–H and O–H groups in total. The van der Waals surface area contributed by atoms with E-state index in [1.165, 1.54) is 0 Å². The molecule has 2 aliphatic heterocycles. The van der Waals surface area contributed by atoms with Crippen LogP contribution < -0.4 is 5.32 Å². The Hall–Kier alpha value is -1.64. The summed E-state index contributed by atoms with van der Waals surface area (Å²) in [5.41, 5.74) is 1.94. The van der Waals surface area contributed by atoms with Crippen LogP contribution in [0, 0.1) is 12.8 Å². The molecule has 2 aromatic rings.